The number of aliphatic hydroxyl groups excluding tert-OH is 1. The molecule has 0 radical (unpaired) electrons. The van der Waals surface area contributed by atoms with Crippen LogP contribution in [-0.2, 0) is 5.54 Å². The number of hydrogen-bond donors (Lipinski definition) is 1. The van der Waals surface area contributed by atoms with E-state index in [2.05, 4.69) is 39.9 Å². The van der Waals surface area contributed by atoms with E-state index in [-0.39, 0.29) is 12.1 Å². The van der Waals surface area contributed by atoms with E-state index in [1.54, 1.807) is 0 Å². The molecule has 2 aromatic carbocycles. The van der Waals surface area contributed by atoms with Gasteiger partial charge in [0.05, 0.1) is 12.1 Å². The molecule has 128 valence electrons. The third-order valence-corrected chi connectivity index (χ3v) is 5.42. The van der Waals surface area contributed by atoms with Gasteiger partial charge in [-0.25, -0.2) is 0 Å². The molecule has 4 heteroatoms. The summed E-state index contributed by atoms with van der Waals surface area (Å²) in [4.78, 5) is 2.40. The highest BCUT2D eigenvalue weighted by Crippen LogP contribution is 2.32. The number of halogens is 1. The average Bonchev–Trinajstić information content (AvgIpc) is 2.64. The van der Waals surface area contributed by atoms with Crippen molar-refractivity contribution >= 4 is 15.9 Å². The summed E-state index contributed by atoms with van der Waals surface area (Å²) < 4.78 is 6.92. The van der Waals surface area contributed by atoms with E-state index in [1.165, 1.54) is 19.3 Å². The van der Waals surface area contributed by atoms with Crippen LogP contribution in [0, 0.1) is 0 Å². The molecule has 1 atom stereocenters. The third kappa shape index (κ3) is 3.82. The van der Waals surface area contributed by atoms with Crippen LogP contribution in [0.15, 0.2) is 53.0 Å². The summed E-state index contributed by atoms with van der Waals surface area (Å²) in [5.41, 5.74) is 0.811. The molecule has 0 spiro atoms. The maximum atomic E-state index is 10.0. The van der Waals surface area contributed by atoms with Gasteiger partial charge < -0.3 is 9.84 Å². The number of nitrogens with zero attached hydrogens (tertiary/aromatic N) is 1. The first-order valence-corrected chi connectivity index (χ1v) is 9.31. The molecule has 2 aromatic rings. The number of ether oxygens (including phenoxy) is 1. The van der Waals surface area contributed by atoms with Crippen molar-refractivity contribution in [1.82, 2.24) is 4.90 Å². The van der Waals surface area contributed by atoms with E-state index < -0.39 is 0 Å². The molecular weight excluding hydrogens is 366 g/mol. The van der Waals surface area contributed by atoms with Gasteiger partial charge in [-0.15, -0.1) is 0 Å². The number of rotatable bonds is 5. The van der Waals surface area contributed by atoms with Crippen molar-refractivity contribution in [2.24, 2.45) is 0 Å². The highest BCUT2D eigenvalue weighted by atomic mass is 79.9. The first-order valence-electron chi connectivity index (χ1n) is 8.52. The molecule has 0 aliphatic carbocycles. The largest absolute Gasteiger partial charge is 0.457 e. The smallest absolute Gasteiger partial charge is 0.127 e. The van der Waals surface area contributed by atoms with Gasteiger partial charge in [0.1, 0.15) is 11.5 Å². The quantitative estimate of drug-likeness (QED) is 0.786. The first kappa shape index (κ1) is 17.5. The number of piperidine rings is 1. The molecule has 24 heavy (non-hydrogen) atoms. The van der Waals surface area contributed by atoms with Crippen LogP contribution >= 0.6 is 15.9 Å². The van der Waals surface area contributed by atoms with Crippen molar-refractivity contribution < 1.29 is 9.84 Å². The predicted molar refractivity (Wildman–Crippen MR) is 101 cm³/mol. The van der Waals surface area contributed by atoms with Gasteiger partial charge >= 0.3 is 0 Å². The van der Waals surface area contributed by atoms with E-state index >= 15 is 0 Å². The minimum absolute atomic E-state index is 0.125. The van der Waals surface area contributed by atoms with E-state index in [4.69, 9.17) is 4.74 Å². The summed E-state index contributed by atoms with van der Waals surface area (Å²) in [7, 11) is 0. The summed E-state index contributed by atoms with van der Waals surface area (Å²) in [5, 5.41) is 10.0. The first-order chi connectivity index (χ1) is 11.6. The van der Waals surface area contributed by atoms with Crippen molar-refractivity contribution in [3.63, 3.8) is 0 Å². The van der Waals surface area contributed by atoms with Crippen molar-refractivity contribution in [2.75, 3.05) is 19.7 Å². The SMILES string of the molecule is CC(CO)(c1ccc(Oc2ccc(Br)cc2)cc1)N1CCCCC1. The molecule has 0 amide bonds. The van der Waals surface area contributed by atoms with Crippen LogP contribution < -0.4 is 4.74 Å². The molecule has 1 fully saturated rings. The third-order valence-electron chi connectivity index (χ3n) is 4.89. The monoisotopic (exact) mass is 389 g/mol. The van der Waals surface area contributed by atoms with Crippen LogP contribution in [0.5, 0.6) is 11.5 Å². The number of aliphatic hydroxyl groups is 1. The topological polar surface area (TPSA) is 32.7 Å². The average molecular weight is 390 g/mol. The van der Waals surface area contributed by atoms with E-state index in [0.717, 1.165) is 34.6 Å². The molecule has 0 aromatic heterocycles. The standard InChI is InChI=1S/C20H24BrNO2/c1-20(15-23,22-13-3-2-4-14-22)16-5-9-18(10-6-16)24-19-11-7-17(21)8-12-19/h5-12,23H,2-4,13-15H2,1H3. The van der Waals surface area contributed by atoms with Crippen LogP contribution in [-0.4, -0.2) is 29.7 Å². The van der Waals surface area contributed by atoms with E-state index in [9.17, 15) is 5.11 Å². The second kappa shape index (κ2) is 7.68. The van der Waals surface area contributed by atoms with Crippen LogP contribution in [0.1, 0.15) is 31.7 Å². The molecule has 1 heterocycles. The lowest BCUT2D eigenvalue weighted by atomic mass is 9.89. The molecule has 3 rings (SSSR count). The molecule has 3 nitrogen and oxygen atoms in total. The zero-order chi connectivity index (χ0) is 17.0. The van der Waals surface area contributed by atoms with Crippen molar-refractivity contribution in [1.29, 1.82) is 0 Å². The number of benzene rings is 2. The fraction of sp³-hybridized carbons (Fsp3) is 0.400. The van der Waals surface area contributed by atoms with E-state index in [0.29, 0.717) is 0 Å². The van der Waals surface area contributed by atoms with Gasteiger partial charge in [-0.05, 0) is 74.8 Å². The van der Waals surface area contributed by atoms with Gasteiger partial charge in [-0.1, -0.05) is 34.5 Å². The fourth-order valence-corrected chi connectivity index (χ4v) is 3.55. The zero-order valence-electron chi connectivity index (χ0n) is 14.0. The summed E-state index contributed by atoms with van der Waals surface area (Å²) in [6.07, 6.45) is 3.71. The van der Waals surface area contributed by atoms with Gasteiger partial charge in [0.2, 0.25) is 0 Å². The van der Waals surface area contributed by atoms with Gasteiger partial charge in [0.25, 0.3) is 0 Å². The Morgan fingerprint density at radius 2 is 1.50 bits per heavy atom. The maximum Gasteiger partial charge on any atom is 0.127 e. The minimum atomic E-state index is -0.323. The Morgan fingerprint density at radius 3 is 2.04 bits per heavy atom. The molecule has 1 N–H and O–H groups in total. The second-order valence-electron chi connectivity index (χ2n) is 6.56. The lowest BCUT2D eigenvalue weighted by Gasteiger charge is -2.42. The van der Waals surface area contributed by atoms with Gasteiger partial charge in [0, 0.05) is 4.47 Å². The molecule has 1 aliphatic heterocycles. The Morgan fingerprint density at radius 1 is 0.958 bits per heavy atom. The Balaban J connectivity index is 1.75. The van der Waals surface area contributed by atoms with Crippen molar-refractivity contribution in [3.05, 3.63) is 58.6 Å². The van der Waals surface area contributed by atoms with Crippen molar-refractivity contribution in [3.8, 4) is 11.5 Å². The molecule has 0 bridgehead atoms. The van der Waals surface area contributed by atoms with Crippen LogP contribution in [0.3, 0.4) is 0 Å². The number of likely N-dealkylation sites (tertiary alicyclic amines) is 1. The summed E-state index contributed by atoms with van der Waals surface area (Å²) in [5.74, 6) is 1.62. The Bertz CT molecular complexity index is 650. The second-order valence-corrected chi connectivity index (χ2v) is 7.48. The highest BCUT2D eigenvalue weighted by molar-refractivity contribution is 9.10. The molecule has 1 aliphatic rings. The number of hydrogen-bond acceptors (Lipinski definition) is 3. The van der Waals surface area contributed by atoms with Gasteiger partial charge in [-0.2, -0.15) is 0 Å². The normalized spacial score (nSPS) is 18.1. The van der Waals surface area contributed by atoms with Crippen molar-refractivity contribution in [2.45, 2.75) is 31.7 Å². The van der Waals surface area contributed by atoms with Gasteiger partial charge in [0.15, 0.2) is 0 Å². The zero-order valence-corrected chi connectivity index (χ0v) is 15.6. The molecule has 1 unspecified atom stereocenters. The minimum Gasteiger partial charge on any atom is -0.457 e. The molecular formula is C20H24BrNO2. The predicted octanol–water partition coefficient (Wildman–Crippen LogP) is 4.93. The lowest BCUT2D eigenvalue weighted by Crippen LogP contribution is -2.49. The molecule has 1 saturated heterocycles. The lowest BCUT2D eigenvalue weighted by molar-refractivity contribution is 0.0260. The summed E-state index contributed by atoms with van der Waals surface area (Å²) in [6, 6.07) is 15.9. The molecule has 0 saturated carbocycles. The highest BCUT2D eigenvalue weighted by Gasteiger charge is 2.33. The Hall–Kier alpha value is -1.36. The summed E-state index contributed by atoms with van der Waals surface area (Å²) in [6.45, 7) is 4.35. The summed E-state index contributed by atoms with van der Waals surface area (Å²) >= 11 is 3.42. The Labute approximate surface area is 152 Å². The Kier molecular flexibility index (Phi) is 5.59. The van der Waals surface area contributed by atoms with Crippen LogP contribution in [0.25, 0.3) is 0 Å². The van der Waals surface area contributed by atoms with Crippen LogP contribution in [0.4, 0.5) is 0 Å². The van der Waals surface area contributed by atoms with Crippen LogP contribution in [0.2, 0.25) is 0 Å². The van der Waals surface area contributed by atoms with Gasteiger partial charge in [-0.3, -0.25) is 4.90 Å². The fourth-order valence-electron chi connectivity index (χ4n) is 3.28. The maximum absolute atomic E-state index is 10.0. The van der Waals surface area contributed by atoms with E-state index in [1.807, 2.05) is 36.4 Å².